The van der Waals surface area contributed by atoms with Crippen molar-refractivity contribution in [3.63, 3.8) is 0 Å². The van der Waals surface area contributed by atoms with Gasteiger partial charge in [-0.2, -0.15) is 0 Å². The summed E-state index contributed by atoms with van der Waals surface area (Å²) in [6, 6.07) is 5.78. The molecule has 0 heterocycles. The molecule has 0 aromatic heterocycles. The van der Waals surface area contributed by atoms with E-state index in [1.54, 1.807) is 0 Å². The average Bonchev–Trinajstić information content (AvgIpc) is 2.63. The second-order valence-corrected chi connectivity index (χ2v) is 4.97. The first-order chi connectivity index (χ1) is 9.09. The van der Waals surface area contributed by atoms with Crippen LogP contribution in [0.4, 0.5) is 5.69 Å². The summed E-state index contributed by atoms with van der Waals surface area (Å²) < 4.78 is 0. The molecule has 0 amide bonds. The van der Waals surface area contributed by atoms with Crippen molar-refractivity contribution in [1.82, 2.24) is 0 Å². The Bertz CT molecular complexity index is 469. The first kappa shape index (κ1) is 13.7. The van der Waals surface area contributed by atoms with Crippen LogP contribution in [0.15, 0.2) is 24.3 Å². The molecule has 0 bridgehead atoms. The quantitative estimate of drug-likeness (QED) is 0.516. The molecule has 0 aliphatic heterocycles. The maximum absolute atomic E-state index is 11.9. The van der Waals surface area contributed by atoms with Crippen LogP contribution in [0.2, 0.25) is 0 Å². The topological polar surface area (TPSA) is 80.4 Å². The summed E-state index contributed by atoms with van der Waals surface area (Å²) in [4.78, 5) is 22.0. The fourth-order valence-electron chi connectivity index (χ4n) is 2.55. The Morgan fingerprint density at radius 1 is 1.21 bits per heavy atom. The van der Waals surface area contributed by atoms with Crippen molar-refractivity contribution in [3.8, 4) is 0 Å². The molecule has 1 aliphatic carbocycles. The molecule has 1 saturated carbocycles. The van der Waals surface area contributed by atoms with Crippen LogP contribution in [0.25, 0.3) is 0 Å². The lowest BCUT2D eigenvalue weighted by Crippen LogP contribution is -2.21. The minimum Gasteiger partial charge on any atom is -0.388 e. The lowest BCUT2D eigenvalue weighted by Gasteiger charge is -2.20. The number of aliphatic hydroxyl groups is 1. The summed E-state index contributed by atoms with van der Waals surface area (Å²) in [6.45, 7) is 0. The molecule has 5 nitrogen and oxygen atoms in total. The van der Waals surface area contributed by atoms with Gasteiger partial charge in [-0.15, -0.1) is 0 Å². The van der Waals surface area contributed by atoms with E-state index < -0.39 is 11.0 Å². The van der Waals surface area contributed by atoms with E-state index in [-0.39, 0.29) is 17.4 Å². The predicted molar refractivity (Wildman–Crippen MR) is 69.6 cm³/mol. The molecule has 5 heteroatoms. The van der Waals surface area contributed by atoms with Gasteiger partial charge in [0.25, 0.3) is 5.69 Å². The Kier molecular flexibility index (Phi) is 4.27. The number of hydrogen-bond donors (Lipinski definition) is 1. The van der Waals surface area contributed by atoms with Crippen LogP contribution in [0, 0.1) is 16.0 Å². The molecule has 2 atom stereocenters. The third-order valence-electron chi connectivity index (χ3n) is 3.68. The zero-order chi connectivity index (χ0) is 13.8. The SMILES string of the molecule is O=C1CCCCC[C@H]1[C@H](O)c1ccc([N+](=O)[O-])cc1. The van der Waals surface area contributed by atoms with E-state index in [0.717, 1.165) is 19.3 Å². The molecule has 0 radical (unpaired) electrons. The van der Waals surface area contributed by atoms with Crippen LogP contribution in [0.5, 0.6) is 0 Å². The van der Waals surface area contributed by atoms with Gasteiger partial charge in [0.2, 0.25) is 0 Å². The number of aliphatic hydroxyl groups excluding tert-OH is 1. The van der Waals surface area contributed by atoms with Crippen LogP contribution in [-0.4, -0.2) is 15.8 Å². The van der Waals surface area contributed by atoms with Gasteiger partial charge in [0, 0.05) is 24.5 Å². The monoisotopic (exact) mass is 263 g/mol. The highest BCUT2D eigenvalue weighted by Gasteiger charge is 2.28. The van der Waals surface area contributed by atoms with Crippen molar-refractivity contribution in [3.05, 3.63) is 39.9 Å². The number of carbonyl (C=O) groups excluding carboxylic acids is 1. The number of Topliss-reactive ketones (excluding diaryl/α,β-unsaturated/α-hetero) is 1. The smallest absolute Gasteiger partial charge is 0.269 e. The average molecular weight is 263 g/mol. The Labute approximate surface area is 111 Å². The van der Waals surface area contributed by atoms with Gasteiger partial charge in [-0.25, -0.2) is 0 Å². The highest BCUT2D eigenvalue weighted by Crippen LogP contribution is 2.31. The minimum absolute atomic E-state index is 0.0110. The summed E-state index contributed by atoms with van der Waals surface area (Å²) in [5.41, 5.74) is 0.564. The second-order valence-electron chi connectivity index (χ2n) is 4.97. The summed E-state index contributed by atoms with van der Waals surface area (Å²) in [5, 5.41) is 20.8. The lowest BCUT2D eigenvalue weighted by molar-refractivity contribution is -0.384. The summed E-state index contributed by atoms with van der Waals surface area (Å²) in [6.07, 6.45) is 3.22. The first-order valence-electron chi connectivity index (χ1n) is 6.54. The van der Waals surface area contributed by atoms with Crippen LogP contribution < -0.4 is 0 Å². The van der Waals surface area contributed by atoms with E-state index in [1.807, 2.05) is 0 Å². The molecule has 2 rings (SSSR count). The number of hydrogen-bond acceptors (Lipinski definition) is 4. The van der Waals surface area contributed by atoms with E-state index in [2.05, 4.69) is 0 Å². The van der Waals surface area contributed by atoms with Gasteiger partial charge >= 0.3 is 0 Å². The largest absolute Gasteiger partial charge is 0.388 e. The number of rotatable bonds is 3. The van der Waals surface area contributed by atoms with Crippen molar-refractivity contribution in [2.75, 3.05) is 0 Å². The fourth-order valence-corrected chi connectivity index (χ4v) is 2.55. The zero-order valence-electron chi connectivity index (χ0n) is 10.6. The molecular weight excluding hydrogens is 246 g/mol. The Hall–Kier alpha value is -1.75. The fraction of sp³-hybridized carbons (Fsp3) is 0.500. The molecule has 1 aromatic carbocycles. The normalized spacial score (nSPS) is 21.7. The molecule has 1 aliphatic rings. The molecule has 1 fully saturated rings. The second kappa shape index (κ2) is 5.93. The van der Waals surface area contributed by atoms with Crippen LogP contribution in [-0.2, 0) is 4.79 Å². The van der Waals surface area contributed by atoms with Crippen LogP contribution >= 0.6 is 0 Å². The number of ketones is 1. The molecule has 0 saturated heterocycles. The Morgan fingerprint density at radius 3 is 2.53 bits per heavy atom. The maximum atomic E-state index is 11.9. The summed E-state index contributed by atoms with van der Waals surface area (Å²) in [7, 11) is 0. The molecule has 102 valence electrons. The molecule has 19 heavy (non-hydrogen) atoms. The standard InChI is InChI=1S/C14H17NO4/c16-13-5-3-1-2-4-12(13)14(17)10-6-8-11(9-7-10)15(18)19/h6-9,12,14,17H,1-5H2/t12-,14-/m1/s1. The number of benzene rings is 1. The van der Waals surface area contributed by atoms with E-state index in [1.165, 1.54) is 24.3 Å². The van der Waals surface area contributed by atoms with Gasteiger partial charge in [0.05, 0.1) is 11.0 Å². The van der Waals surface area contributed by atoms with Crippen LogP contribution in [0.3, 0.4) is 0 Å². The highest BCUT2D eigenvalue weighted by atomic mass is 16.6. The predicted octanol–water partition coefficient (Wildman–Crippen LogP) is 2.78. The number of nitrogens with zero attached hydrogens (tertiary/aromatic N) is 1. The van der Waals surface area contributed by atoms with Crippen molar-refractivity contribution in [1.29, 1.82) is 0 Å². The van der Waals surface area contributed by atoms with Crippen molar-refractivity contribution in [2.45, 2.75) is 38.2 Å². The lowest BCUT2D eigenvalue weighted by atomic mass is 9.88. The molecule has 1 N–H and O–H groups in total. The number of non-ortho nitro benzene ring substituents is 1. The summed E-state index contributed by atoms with van der Waals surface area (Å²) >= 11 is 0. The van der Waals surface area contributed by atoms with Gasteiger partial charge in [-0.05, 0) is 30.5 Å². The van der Waals surface area contributed by atoms with E-state index in [0.29, 0.717) is 18.4 Å². The number of carbonyl (C=O) groups is 1. The minimum atomic E-state index is -0.855. The van der Waals surface area contributed by atoms with Gasteiger partial charge in [-0.1, -0.05) is 12.8 Å². The summed E-state index contributed by atoms with van der Waals surface area (Å²) in [5.74, 6) is -0.271. The van der Waals surface area contributed by atoms with Crippen molar-refractivity contribution < 1.29 is 14.8 Å². The van der Waals surface area contributed by atoms with Gasteiger partial charge < -0.3 is 5.11 Å². The van der Waals surface area contributed by atoms with E-state index in [9.17, 15) is 20.0 Å². The Balaban J connectivity index is 2.15. The number of nitro groups is 1. The van der Waals surface area contributed by atoms with E-state index in [4.69, 9.17) is 0 Å². The maximum Gasteiger partial charge on any atom is 0.269 e. The van der Waals surface area contributed by atoms with Gasteiger partial charge in [0.1, 0.15) is 5.78 Å². The highest BCUT2D eigenvalue weighted by molar-refractivity contribution is 5.82. The van der Waals surface area contributed by atoms with E-state index >= 15 is 0 Å². The Morgan fingerprint density at radius 2 is 1.89 bits per heavy atom. The zero-order valence-corrected chi connectivity index (χ0v) is 10.6. The van der Waals surface area contributed by atoms with Crippen molar-refractivity contribution in [2.24, 2.45) is 5.92 Å². The molecule has 0 spiro atoms. The van der Waals surface area contributed by atoms with Gasteiger partial charge in [0.15, 0.2) is 0 Å². The first-order valence-corrected chi connectivity index (χ1v) is 6.54. The van der Waals surface area contributed by atoms with Gasteiger partial charge in [-0.3, -0.25) is 14.9 Å². The number of nitro benzene ring substituents is 1. The molecular formula is C14H17NO4. The third kappa shape index (κ3) is 3.17. The van der Waals surface area contributed by atoms with Crippen LogP contribution in [0.1, 0.15) is 43.8 Å². The molecule has 1 aromatic rings. The molecule has 0 unspecified atom stereocenters. The third-order valence-corrected chi connectivity index (χ3v) is 3.68. The van der Waals surface area contributed by atoms with Crippen molar-refractivity contribution >= 4 is 11.5 Å².